The van der Waals surface area contributed by atoms with Crippen LogP contribution in [0.25, 0.3) is 0 Å². The van der Waals surface area contributed by atoms with Crippen LogP contribution < -0.4 is 9.03 Å². The molecule has 0 aliphatic carbocycles. The number of carbonyl (C=O) groups is 2. The number of carbonyl (C=O) groups excluding carboxylic acids is 2. The van der Waals surface area contributed by atoms with Crippen molar-refractivity contribution in [2.75, 3.05) is 23.7 Å². The van der Waals surface area contributed by atoms with Gasteiger partial charge in [0.25, 0.3) is 0 Å². The Hall–Kier alpha value is -1.98. The SMILES string of the molecule is COC(=O)CNS(=O)(=O)c1ccc(N2C(=O)C(C)(C)CS2(=O)=O)cc1C. The fourth-order valence-corrected chi connectivity index (χ4v) is 5.92. The number of hydrogen-bond donors (Lipinski definition) is 1. The van der Waals surface area contributed by atoms with Gasteiger partial charge in [-0.15, -0.1) is 0 Å². The van der Waals surface area contributed by atoms with Crippen LogP contribution in [-0.2, 0) is 34.4 Å². The van der Waals surface area contributed by atoms with Crippen molar-refractivity contribution in [2.24, 2.45) is 5.41 Å². The summed E-state index contributed by atoms with van der Waals surface area (Å²) >= 11 is 0. The van der Waals surface area contributed by atoms with Crippen molar-refractivity contribution in [3.8, 4) is 0 Å². The molecule has 11 heteroatoms. The van der Waals surface area contributed by atoms with Gasteiger partial charge in [-0.2, -0.15) is 4.72 Å². The summed E-state index contributed by atoms with van der Waals surface area (Å²) in [4.78, 5) is 23.4. The Morgan fingerprint density at radius 2 is 1.96 bits per heavy atom. The number of amides is 1. The second-order valence-corrected chi connectivity index (χ2v) is 10.1. The van der Waals surface area contributed by atoms with E-state index in [4.69, 9.17) is 0 Å². The minimum atomic E-state index is -4.01. The lowest BCUT2D eigenvalue weighted by Gasteiger charge is -2.19. The number of rotatable bonds is 5. The van der Waals surface area contributed by atoms with E-state index in [1.807, 2.05) is 0 Å². The molecular formula is C15H20N2O7S2. The van der Waals surface area contributed by atoms with Crippen molar-refractivity contribution in [3.63, 3.8) is 0 Å². The number of methoxy groups -OCH3 is 1. The first-order valence-electron chi connectivity index (χ1n) is 7.56. The van der Waals surface area contributed by atoms with Gasteiger partial charge < -0.3 is 4.74 Å². The number of anilines is 1. The highest BCUT2D eigenvalue weighted by molar-refractivity contribution is 7.94. The third kappa shape index (κ3) is 3.74. The third-order valence-electron chi connectivity index (χ3n) is 3.90. The van der Waals surface area contributed by atoms with Gasteiger partial charge in [-0.3, -0.25) is 9.59 Å². The van der Waals surface area contributed by atoms with Crippen LogP contribution in [-0.4, -0.2) is 48.1 Å². The number of aryl methyl sites for hydroxylation is 1. The van der Waals surface area contributed by atoms with Crippen molar-refractivity contribution >= 4 is 37.6 Å². The predicted octanol–water partition coefficient (Wildman–Crippen LogP) is 0.149. The second-order valence-electron chi connectivity index (χ2n) is 6.56. The Labute approximate surface area is 152 Å². The molecule has 1 N–H and O–H groups in total. The Balaban J connectivity index is 2.39. The average Bonchev–Trinajstić information content (AvgIpc) is 2.67. The van der Waals surface area contributed by atoms with Gasteiger partial charge in [0.2, 0.25) is 26.0 Å². The molecule has 0 aromatic heterocycles. The van der Waals surface area contributed by atoms with Crippen LogP contribution in [0.4, 0.5) is 5.69 Å². The van der Waals surface area contributed by atoms with E-state index in [2.05, 4.69) is 9.46 Å². The lowest BCUT2D eigenvalue weighted by atomic mass is 9.95. The molecule has 0 bridgehead atoms. The Kier molecular flexibility index (Phi) is 5.19. The molecule has 0 saturated carbocycles. The highest BCUT2D eigenvalue weighted by Crippen LogP contribution is 2.36. The molecule has 144 valence electrons. The molecule has 1 aromatic rings. The standard InChI is InChI=1S/C15H20N2O7S2/c1-10-7-11(17-14(19)15(2,3)9-25(17,20)21)5-6-12(10)26(22,23)16-8-13(18)24-4/h5-7,16H,8-9H2,1-4H3. The van der Waals surface area contributed by atoms with E-state index in [1.165, 1.54) is 39.0 Å². The van der Waals surface area contributed by atoms with Gasteiger partial charge in [0.05, 0.1) is 28.9 Å². The van der Waals surface area contributed by atoms with Crippen molar-refractivity contribution in [2.45, 2.75) is 25.7 Å². The highest BCUT2D eigenvalue weighted by Gasteiger charge is 2.50. The van der Waals surface area contributed by atoms with Gasteiger partial charge in [-0.05, 0) is 44.5 Å². The fraction of sp³-hybridized carbons (Fsp3) is 0.467. The Bertz CT molecular complexity index is 966. The minimum Gasteiger partial charge on any atom is -0.468 e. The molecule has 26 heavy (non-hydrogen) atoms. The summed E-state index contributed by atoms with van der Waals surface area (Å²) in [6.07, 6.45) is 0. The normalized spacial score (nSPS) is 18.8. The molecule has 1 aromatic carbocycles. The zero-order chi connectivity index (χ0) is 19.9. The maximum absolute atomic E-state index is 12.4. The number of benzene rings is 1. The van der Waals surface area contributed by atoms with Crippen LogP contribution in [0, 0.1) is 12.3 Å². The van der Waals surface area contributed by atoms with Crippen molar-refractivity contribution < 1.29 is 31.2 Å². The summed E-state index contributed by atoms with van der Waals surface area (Å²) in [7, 11) is -6.70. The number of sulfonamides is 2. The molecule has 0 atom stereocenters. The average molecular weight is 404 g/mol. The van der Waals surface area contributed by atoms with Gasteiger partial charge in [-0.1, -0.05) is 0 Å². The molecule has 1 heterocycles. The largest absolute Gasteiger partial charge is 0.468 e. The maximum Gasteiger partial charge on any atom is 0.320 e. The molecule has 1 aliphatic rings. The van der Waals surface area contributed by atoms with Crippen LogP contribution >= 0.6 is 0 Å². The van der Waals surface area contributed by atoms with Crippen molar-refractivity contribution in [1.82, 2.24) is 4.72 Å². The molecule has 1 amide bonds. The fourth-order valence-electron chi connectivity index (χ4n) is 2.63. The topological polar surface area (TPSA) is 127 Å². The van der Waals surface area contributed by atoms with Gasteiger partial charge in [0.1, 0.15) is 6.54 Å². The van der Waals surface area contributed by atoms with E-state index >= 15 is 0 Å². The first kappa shape index (κ1) is 20.3. The van der Waals surface area contributed by atoms with Gasteiger partial charge >= 0.3 is 5.97 Å². The van der Waals surface area contributed by atoms with E-state index in [1.54, 1.807) is 0 Å². The Morgan fingerprint density at radius 1 is 1.35 bits per heavy atom. The maximum atomic E-state index is 12.4. The summed E-state index contributed by atoms with van der Waals surface area (Å²) in [6.45, 7) is 4.01. The van der Waals surface area contributed by atoms with Crippen LogP contribution in [0.1, 0.15) is 19.4 Å². The zero-order valence-electron chi connectivity index (χ0n) is 14.8. The summed E-state index contributed by atoms with van der Waals surface area (Å²) < 4.78 is 56.4. The second kappa shape index (κ2) is 6.63. The lowest BCUT2D eigenvalue weighted by molar-refractivity contribution is -0.139. The summed E-state index contributed by atoms with van der Waals surface area (Å²) in [5, 5.41) is 0. The summed E-state index contributed by atoms with van der Waals surface area (Å²) in [5.41, 5.74) is -0.753. The van der Waals surface area contributed by atoms with E-state index in [-0.39, 0.29) is 21.9 Å². The van der Waals surface area contributed by atoms with E-state index in [0.717, 1.165) is 7.11 Å². The molecular weight excluding hydrogens is 384 g/mol. The summed E-state index contributed by atoms with van der Waals surface area (Å²) in [6, 6.07) is 3.75. The third-order valence-corrected chi connectivity index (χ3v) is 7.48. The first-order valence-corrected chi connectivity index (χ1v) is 10.7. The number of nitrogens with one attached hydrogen (secondary N) is 1. The Morgan fingerprint density at radius 3 is 2.42 bits per heavy atom. The first-order chi connectivity index (χ1) is 11.8. The van der Waals surface area contributed by atoms with Crippen LogP contribution in [0.3, 0.4) is 0 Å². The molecule has 0 unspecified atom stereocenters. The monoisotopic (exact) mass is 404 g/mol. The molecule has 2 rings (SSSR count). The van der Waals surface area contributed by atoms with Crippen LogP contribution in [0.15, 0.2) is 23.1 Å². The molecule has 1 aliphatic heterocycles. The van der Waals surface area contributed by atoms with Crippen LogP contribution in [0.2, 0.25) is 0 Å². The molecule has 0 radical (unpaired) electrons. The highest BCUT2D eigenvalue weighted by atomic mass is 32.2. The number of nitrogens with zero attached hydrogens (tertiary/aromatic N) is 1. The minimum absolute atomic E-state index is 0.0741. The van der Waals surface area contributed by atoms with E-state index in [9.17, 15) is 26.4 Å². The molecule has 9 nitrogen and oxygen atoms in total. The van der Waals surface area contributed by atoms with E-state index < -0.39 is 43.9 Å². The lowest BCUT2D eigenvalue weighted by Crippen LogP contribution is -2.33. The number of hydrogen-bond acceptors (Lipinski definition) is 7. The quantitative estimate of drug-likeness (QED) is 0.692. The number of ether oxygens (including phenoxy) is 1. The molecule has 0 spiro atoms. The van der Waals surface area contributed by atoms with Gasteiger partial charge in [0.15, 0.2) is 0 Å². The summed E-state index contributed by atoms with van der Waals surface area (Å²) in [5.74, 6) is -1.64. The van der Waals surface area contributed by atoms with Gasteiger partial charge in [-0.25, -0.2) is 21.1 Å². The smallest absolute Gasteiger partial charge is 0.320 e. The van der Waals surface area contributed by atoms with Crippen molar-refractivity contribution in [1.29, 1.82) is 0 Å². The van der Waals surface area contributed by atoms with Crippen molar-refractivity contribution in [3.05, 3.63) is 23.8 Å². The zero-order valence-corrected chi connectivity index (χ0v) is 16.4. The molecule has 1 saturated heterocycles. The van der Waals surface area contributed by atoms with E-state index in [0.29, 0.717) is 4.31 Å². The predicted molar refractivity (Wildman–Crippen MR) is 93.4 cm³/mol. The number of esters is 1. The van der Waals surface area contributed by atoms with Crippen LogP contribution in [0.5, 0.6) is 0 Å². The van der Waals surface area contributed by atoms with Gasteiger partial charge in [0, 0.05) is 0 Å². The molecule has 1 fully saturated rings.